The molecule has 6 nitrogen and oxygen atoms in total. The van der Waals surface area contributed by atoms with Gasteiger partial charge in [-0.15, -0.1) is 0 Å². The number of hydrogen-bond acceptors (Lipinski definition) is 4. The van der Waals surface area contributed by atoms with Crippen LogP contribution in [-0.4, -0.2) is 45.1 Å². The van der Waals surface area contributed by atoms with Gasteiger partial charge in [0.25, 0.3) is 0 Å². The van der Waals surface area contributed by atoms with Crippen molar-refractivity contribution in [2.75, 3.05) is 23.0 Å². The van der Waals surface area contributed by atoms with Crippen LogP contribution in [0.2, 0.25) is 0 Å². The average Bonchev–Trinajstić information content (AvgIpc) is 2.99. The molecule has 0 saturated heterocycles. The molecular formula is C18H24F3N4O2S+. The molecule has 10 heteroatoms. The average molecular weight is 417 g/mol. The Balaban J connectivity index is 1.94. The van der Waals surface area contributed by atoms with Gasteiger partial charge in [-0.1, -0.05) is 0 Å². The third kappa shape index (κ3) is 6.43. The third-order valence-corrected chi connectivity index (χ3v) is 5.10. The van der Waals surface area contributed by atoms with E-state index in [2.05, 4.69) is 5.10 Å². The van der Waals surface area contributed by atoms with Gasteiger partial charge in [-0.2, -0.15) is 30.0 Å². The Labute approximate surface area is 165 Å². The number of aryl methyl sites for hydroxylation is 1. The monoisotopic (exact) mass is 417 g/mol. The lowest BCUT2D eigenvalue weighted by Crippen LogP contribution is -2.31. The summed E-state index contributed by atoms with van der Waals surface area (Å²) >= 11 is 1.35. The van der Waals surface area contributed by atoms with Crippen molar-refractivity contribution in [1.82, 2.24) is 9.78 Å². The standard InChI is InChI=1S/C18H24F3N4O2S/c1-3-24(17(26)7-11-28-10-5-8-18(19,20)21)16-13-25(22-14(16)2)15-6-4-9-23(27)12-15/h4,6,9,12-13,27H,3,5,7-8,10-11H2,1-2H3/q+1. The predicted molar refractivity (Wildman–Crippen MR) is 101 cm³/mol. The van der Waals surface area contributed by atoms with Crippen molar-refractivity contribution in [3.05, 3.63) is 36.4 Å². The summed E-state index contributed by atoms with van der Waals surface area (Å²) in [7, 11) is 0. The van der Waals surface area contributed by atoms with Crippen molar-refractivity contribution in [1.29, 1.82) is 0 Å². The molecule has 0 spiro atoms. The maximum atomic E-state index is 12.6. The van der Waals surface area contributed by atoms with Crippen LogP contribution in [0.1, 0.15) is 31.9 Å². The van der Waals surface area contributed by atoms with Gasteiger partial charge in [-0.05, 0) is 32.1 Å². The van der Waals surface area contributed by atoms with E-state index in [9.17, 15) is 23.2 Å². The summed E-state index contributed by atoms with van der Waals surface area (Å²) in [5, 5.41) is 13.9. The van der Waals surface area contributed by atoms with Gasteiger partial charge >= 0.3 is 6.18 Å². The highest BCUT2D eigenvalue weighted by Crippen LogP contribution is 2.24. The maximum Gasteiger partial charge on any atom is 0.389 e. The van der Waals surface area contributed by atoms with E-state index in [4.69, 9.17) is 0 Å². The van der Waals surface area contributed by atoms with E-state index in [-0.39, 0.29) is 18.7 Å². The fourth-order valence-electron chi connectivity index (χ4n) is 2.69. The molecular weight excluding hydrogens is 393 g/mol. The minimum Gasteiger partial charge on any atom is -0.310 e. The minimum atomic E-state index is -4.12. The summed E-state index contributed by atoms with van der Waals surface area (Å²) in [6.45, 7) is 4.11. The number of halogens is 3. The number of nitrogens with zero attached hydrogens (tertiary/aromatic N) is 4. The van der Waals surface area contributed by atoms with Gasteiger partial charge in [0.05, 0.1) is 17.6 Å². The zero-order valence-corrected chi connectivity index (χ0v) is 16.6. The summed E-state index contributed by atoms with van der Waals surface area (Å²) in [4.78, 5) is 14.2. The Bertz CT molecular complexity index is 795. The van der Waals surface area contributed by atoms with Crippen LogP contribution in [0.4, 0.5) is 18.9 Å². The van der Waals surface area contributed by atoms with E-state index in [1.165, 1.54) is 24.2 Å². The van der Waals surface area contributed by atoms with Gasteiger partial charge in [-0.25, -0.2) is 4.68 Å². The maximum absolute atomic E-state index is 12.6. The summed E-state index contributed by atoms with van der Waals surface area (Å²) in [6, 6.07) is 3.45. The number of hydrogen-bond donors (Lipinski definition) is 1. The van der Waals surface area contributed by atoms with Crippen molar-refractivity contribution in [3.63, 3.8) is 0 Å². The third-order valence-electron chi connectivity index (χ3n) is 4.03. The second-order valence-corrected chi connectivity index (χ2v) is 7.43. The van der Waals surface area contributed by atoms with Crippen LogP contribution < -0.4 is 9.63 Å². The Morgan fingerprint density at radius 3 is 2.79 bits per heavy atom. The van der Waals surface area contributed by atoms with E-state index in [1.807, 2.05) is 6.92 Å². The first-order valence-corrected chi connectivity index (χ1v) is 10.1. The van der Waals surface area contributed by atoms with Crippen LogP contribution in [0.3, 0.4) is 0 Å². The van der Waals surface area contributed by atoms with Gasteiger partial charge in [0.15, 0.2) is 0 Å². The van der Waals surface area contributed by atoms with Gasteiger partial charge in [0, 0.05) is 35.9 Å². The molecule has 0 radical (unpaired) electrons. The van der Waals surface area contributed by atoms with Crippen LogP contribution >= 0.6 is 11.8 Å². The number of pyridine rings is 1. The van der Waals surface area contributed by atoms with Crippen molar-refractivity contribution < 1.29 is 27.9 Å². The molecule has 0 fully saturated rings. The van der Waals surface area contributed by atoms with Gasteiger partial charge in [-0.3, -0.25) is 10.0 Å². The topological polar surface area (TPSA) is 62.2 Å². The fraction of sp³-hybridized carbons (Fsp3) is 0.500. The largest absolute Gasteiger partial charge is 0.389 e. The number of carbonyl (C=O) groups is 1. The van der Waals surface area contributed by atoms with Crippen LogP contribution in [0.15, 0.2) is 30.7 Å². The number of thioether (sulfide) groups is 1. The first-order valence-electron chi connectivity index (χ1n) is 8.93. The van der Waals surface area contributed by atoms with Crippen LogP contribution in [0.5, 0.6) is 0 Å². The SMILES string of the molecule is CCN(C(=O)CCSCCCC(F)(F)F)c1cn(-c2ccc[n+](O)c2)nc1C. The molecule has 0 aliphatic carbocycles. The predicted octanol–water partition coefficient (Wildman–Crippen LogP) is 3.52. The molecule has 0 bridgehead atoms. The van der Waals surface area contributed by atoms with E-state index in [0.29, 0.717) is 35.1 Å². The lowest BCUT2D eigenvalue weighted by molar-refractivity contribution is -0.904. The molecule has 0 aliphatic heterocycles. The normalized spacial score (nSPS) is 11.6. The number of amides is 1. The molecule has 1 amide bonds. The molecule has 0 saturated carbocycles. The van der Waals surface area contributed by atoms with E-state index in [0.717, 1.165) is 4.73 Å². The molecule has 0 unspecified atom stereocenters. The first kappa shape index (κ1) is 22.1. The van der Waals surface area contributed by atoms with E-state index < -0.39 is 12.6 Å². The zero-order chi connectivity index (χ0) is 20.7. The van der Waals surface area contributed by atoms with Crippen LogP contribution in [0.25, 0.3) is 5.69 Å². The van der Waals surface area contributed by atoms with Crippen molar-refractivity contribution in [2.45, 2.75) is 39.3 Å². The smallest absolute Gasteiger partial charge is 0.310 e. The number of carbonyl (C=O) groups excluding carboxylic acids is 1. The fourth-order valence-corrected chi connectivity index (χ4v) is 3.56. The van der Waals surface area contributed by atoms with Gasteiger partial charge in [0.2, 0.25) is 18.3 Å². The number of aromatic nitrogens is 3. The Morgan fingerprint density at radius 2 is 2.14 bits per heavy atom. The molecule has 2 aromatic heterocycles. The lowest BCUT2D eigenvalue weighted by Gasteiger charge is -2.20. The summed E-state index contributed by atoms with van der Waals surface area (Å²) < 4.78 is 38.9. The summed E-state index contributed by atoms with van der Waals surface area (Å²) in [5.41, 5.74) is 1.98. The Kier molecular flexibility index (Phi) is 7.73. The summed E-state index contributed by atoms with van der Waals surface area (Å²) in [6.07, 6.45) is 0.0934. The number of rotatable bonds is 9. The highest BCUT2D eigenvalue weighted by Gasteiger charge is 2.26. The van der Waals surface area contributed by atoms with Crippen molar-refractivity contribution in [3.8, 4) is 5.69 Å². The quantitative estimate of drug-likeness (QED) is 0.385. The van der Waals surface area contributed by atoms with E-state index >= 15 is 0 Å². The van der Waals surface area contributed by atoms with Crippen molar-refractivity contribution >= 4 is 23.4 Å². The van der Waals surface area contributed by atoms with Crippen molar-refractivity contribution in [2.24, 2.45) is 0 Å². The van der Waals surface area contributed by atoms with Gasteiger partial charge < -0.3 is 4.90 Å². The molecule has 28 heavy (non-hydrogen) atoms. The molecule has 2 rings (SSSR count). The molecule has 0 aromatic carbocycles. The molecule has 154 valence electrons. The van der Waals surface area contributed by atoms with Crippen LogP contribution in [-0.2, 0) is 4.79 Å². The number of alkyl halides is 3. The summed E-state index contributed by atoms with van der Waals surface area (Å²) in [5.74, 6) is 0.757. The molecule has 2 heterocycles. The number of anilines is 1. The second-order valence-electron chi connectivity index (χ2n) is 6.21. The molecule has 1 N–H and O–H groups in total. The van der Waals surface area contributed by atoms with Gasteiger partial charge in [0.1, 0.15) is 5.69 Å². The molecule has 2 aromatic rings. The lowest BCUT2D eigenvalue weighted by atomic mass is 10.3. The highest BCUT2D eigenvalue weighted by molar-refractivity contribution is 7.99. The molecule has 0 atom stereocenters. The minimum absolute atomic E-state index is 0.0632. The van der Waals surface area contributed by atoms with E-state index in [1.54, 1.807) is 34.8 Å². The Morgan fingerprint density at radius 1 is 1.39 bits per heavy atom. The Hall–Kier alpha value is -2.23. The zero-order valence-electron chi connectivity index (χ0n) is 15.8. The van der Waals surface area contributed by atoms with Crippen LogP contribution in [0, 0.1) is 6.92 Å². The second kappa shape index (κ2) is 9.81. The molecule has 0 aliphatic rings. The first-order chi connectivity index (χ1) is 13.2. The highest BCUT2D eigenvalue weighted by atomic mass is 32.2.